The smallest absolute Gasteiger partial charge is 0.309 e. The van der Waals surface area contributed by atoms with E-state index in [-0.39, 0.29) is 5.92 Å². The summed E-state index contributed by atoms with van der Waals surface area (Å²) in [6, 6.07) is 0. The lowest BCUT2D eigenvalue weighted by Gasteiger charge is -2.48. The molecule has 0 bridgehead atoms. The summed E-state index contributed by atoms with van der Waals surface area (Å²) in [5, 5.41) is 20.4. The molecule has 0 aromatic heterocycles. The first kappa shape index (κ1) is 21.6. The van der Waals surface area contributed by atoms with Crippen LogP contribution in [0.4, 0.5) is 0 Å². The van der Waals surface area contributed by atoms with Gasteiger partial charge in [-0.05, 0) is 68.1 Å². The zero-order valence-corrected chi connectivity index (χ0v) is 17.9. The SMILES string of the molecule is CC1CCCC(CC2C(C(=O)O)CCCC2(CC2CCCC(C)C2)C(=O)O)C1. The van der Waals surface area contributed by atoms with Crippen molar-refractivity contribution in [3.63, 3.8) is 0 Å². The number of hydrogen-bond acceptors (Lipinski definition) is 2. The third-order valence-corrected chi connectivity index (χ3v) is 8.41. The molecule has 0 saturated heterocycles. The number of aliphatic carboxylic acids is 2. The largest absolute Gasteiger partial charge is 0.481 e. The second-order valence-electron chi connectivity index (χ2n) is 10.6. The zero-order valence-electron chi connectivity index (χ0n) is 17.9. The van der Waals surface area contributed by atoms with Gasteiger partial charge in [-0.1, -0.05) is 58.8 Å². The van der Waals surface area contributed by atoms with Crippen molar-refractivity contribution >= 4 is 11.9 Å². The molecule has 7 unspecified atom stereocenters. The van der Waals surface area contributed by atoms with E-state index in [0.717, 1.165) is 38.5 Å². The molecular weight excluding hydrogens is 352 g/mol. The summed E-state index contributed by atoms with van der Waals surface area (Å²) in [5.74, 6) is 0.122. The van der Waals surface area contributed by atoms with Crippen molar-refractivity contribution in [2.24, 2.45) is 40.9 Å². The molecule has 0 aromatic rings. The van der Waals surface area contributed by atoms with Crippen LogP contribution < -0.4 is 0 Å². The number of hydrogen-bond donors (Lipinski definition) is 2. The Labute approximate surface area is 170 Å². The van der Waals surface area contributed by atoms with Crippen molar-refractivity contribution in [3.05, 3.63) is 0 Å². The lowest BCUT2D eigenvalue weighted by Crippen LogP contribution is -2.49. The third-order valence-electron chi connectivity index (χ3n) is 8.41. The van der Waals surface area contributed by atoms with Gasteiger partial charge in [0.1, 0.15) is 0 Å². The molecule has 160 valence electrons. The van der Waals surface area contributed by atoms with Gasteiger partial charge in [-0.2, -0.15) is 0 Å². The summed E-state index contributed by atoms with van der Waals surface area (Å²) >= 11 is 0. The maximum Gasteiger partial charge on any atom is 0.309 e. The molecule has 0 heterocycles. The Bertz CT molecular complexity index is 559. The first-order valence-corrected chi connectivity index (χ1v) is 11.8. The standard InChI is InChI=1S/C24H40O4/c1-16-6-3-8-18(12-16)14-21-20(22(25)26)10-5-11-24(21,23(27)28)15-19-9-4-7-17(2)13-19/h16-21H,3-15H2,1-2H3,(H,25,26)(H,27,28). The van der Waals surface area contributed by atoms with Crippen LogP contribution in [0.2, 0.25) is 0 Å². The fraction of sp³-hybridized carbons (Fsp3) is 0.917. The molecule has 3 saturated carbocycles. The minimum absolute atomic E-state index is 0.205. The molecule has 3 aliphatic rings. The van der Waals surface area contributed by atoms with Gasteiger partial charge in [0.25, 0.3) is 0 Å². The van der Waals surface area contributed by atoms with Crippen LogP contribution in [0.15, 0.2) is 0 Å². The lowest BCUT2D eigenvalue weighted by atomic mass is 9.55. The Morgan fingerprint density at radius 3 is 2.04 bits per heavy atom. The normalized spacial score (nSPS) is 42.1. The second kappa shape index (κ2) is 9.17. The van der Waals surface area contributed by atoms with Crippen molar-refractivity contribution in [3.8, 4) is 0 Å². The van der Waals surface area contributed by atoms with E-state index in [1.54, 1.807) is 0 Å². The Kier molecular flexibility index (Phi) is 7.09. The van der Waals surface area contributed by atoms with E-state index in [4.69, 9.17) is 0 Å². The van der Waals surface area contributed by atoms with Gasteiger partial charge in [-0.25, -0.2) is 0 Å². The van der Waals surface area contributed by atoms with E-state index in [9.17, 15) is 19.8 Å². The number of carbonyl (C=O) groups is 2. The molecule has 28 heavy (non-hydrogen) atoms. The molecule has 7 atom stereocenters. The minimum atomic E-state index is -0.830. The van der Waals surface area contributed by atoms with Gasteiger partial charge in [-0.3, -0.25) is 9.59 Å². The summed E-state index contributed by atoms with van der Waals surface area (Å²) in [6.45, 7) is 4.57. The number of carboxylic acid groups (broad SMARTS) is 2. The topological polar surface area (TPSA) is 74.6 Å². The van der Waals surface area contributed by atoms with Crippen LogP contribution in [-0.2, 0) is 9.59 Å². The Hall–Kier alpha value is -1.06. The van der Waals surface area contributed by atoms with E-state index in [1.807, 2.05) is 0 Å². The predicted molar refractivity (Wildman–Crippen MR) is 110 cm³/mol. The lowest BCUT2D eigenvalue weighted by molar-refractivity contribution is -0.166. The molecule has 3 rings (SSSR count). The van der Waals surface area contributed by atoms with Gasteiger partial charge < -0.3 is 10.2 Å². The van der Waals surface area contributed by atoms with Crippen molar-refractivity contribution < 1.29 is 19.8 Å². The van der Waals surface area contributed by atoms with Crippen molar-refractivity contribution in [2.75, 3.05) is 0 Å². The molecule has 0 radical (unpaired) electrons. The highest BCUT2D eigenvalue weighted by molar-refractivity contribution is 5.78. The average molecular weight is 393 g/mol. The van der Waals surface area contributed by atoms with Gasteiger partial charge in [0.2, 0.25) is 0 Å². The van der Waals surface area contributed by atoms with Crippen LogP contribution in [-0.4, -0.2) is 22.2 Å². The van der Waals surface area contributed by atoms with Crippen LogP contribution in [0, 0.1) is 40.9 Å². The average Bonchev–Trinajstić information content (AvgIpc) is 2.63. The molecule has 0 amide bonds. The number of rotatable bonds is 6. The Morgan fingerprint density at radius 2 is 1.46 bits per heavy atom. The molecule has 0 spiro atoms. The molecule has 4 nitrogen and oxygen atoms in total. The van der Waals surface area contributed by atoms with Gasteiger partial charge in [0.05, 0.1) is 11.3 Å². The van der Waals surface area contributed by atoms with Crippen LogP contribution in [0.1, 0.15) is 97.3 Å². The highest BCUT2D eigenvalue weighted by Crippen LogP contribution is 2.54. The summed E-state index contributed by atoms with van der Waals surface area (Å²) in [7, 11) is 0. The van der Waals surface area contributed by atoms with Gasteiger partial charge in [-0.15, -0.1) is 0 Å². The van der Waals surface area contributed by atoms with E-state index >= 15 is 0 Å². The van der Waals surface area contributed by atoms with Crippen LogP contribution >= 0.6 is 0 Å². The zero-order chi connectivity index (χ0) is 20.3. The Morgan fingerprint density at radius 1 is 0.857 bits per heavy atom. The van der Waals surface area contributed by atoms with Crippen LogP contribution in [0.3, 0.4) is 0 Å². The van der Waals surface area contributed by atoms with Crippen LogP contribution in [0.5, 0.6) is 0 Å². The van der Waals surface area contributed by atoms with Gasteiger partial charge in [0.15, 0.2) is 0 Å². The Balaban J connectivity index is 1.86. The number of carboxylic acids is 2. The van der Waals surface area contributed by atoms with Gasteiger partial charge in [0, 0.05) is 0 Å². The molecule has 4 heteroatoms. The van der Waals surface area contributed by atoms with Gasteiger partial charge >= 0.3 is 11.9 Å². The second-order valence-corrected chi connectivity index (χ2v) is 10.6. The summed E-state index contributed by atoms with van der Waals surface area (Å²) in [6.07, 6.45) is 13.0. The quantitative estimate of drug-likeness (QED) is 0.582. The fourth-order valence-corrected chi connectivity index (χ4v) is 7.09. The third kappa shape index (κ3) is 4.74. The van der Waals surface area contributed by atoms with Crippen molar-refractivity contribution in [1.82, 2.24) is 0 Å². The van der Waals surface area contributed by atoms with Crippen LogP contribution in [0.25, 0.3) is 0 Å². The maximum atomic E-state index is 12.7. The first-order chi connectivity index (χ1) is 13.3. The summed E-state index contributed by atoms with van der Waals surface area (Å²) < 4.78 is 0. The molecule has 0 aromatic carbocycles. The fourth-order valence-electron chi connectivity index (χ4n) is 7.09. The highest BCUT2D eigenvalue weighted by atomic mass is 16.4. The van der Waals surface area contributed by atoms with E-state index in [2.05, 4.69) is 13.8 Å². The monoisotopic (exact) mass is 392 g/mol. The molecule has 3 fully saturated rings. The predicted octanol–water partition coefficient (Wildman–Crippen LogP) is 5.99. The van der Waals surface area contributed by atoms with E-state index < -0.39 is 23.3 Å². The molecule has 3 aliphatic carbocycles. The minimum Gasteiger partial charge on any atom is -0.481 e. The molecule has 2 N–H and O–H groups in total. The van der Waals surface area contributed by atoms with E-state index in [1.165, 1.54) is 25.7 Å². The van der Waals surface area contributed by atoms with Crippen molar-refractivity contribution in [1.29, 1.82) is 0 Å². The summed E-state index contributed by atoms with van der Waals surface area (Å²) in [5.41, 5.74) is -0.830. The first-order valence-electron chi connectivity index (χ1n) is 11.8. The van der Waals surface area contributed by atoms with Crippen molar-refractivity contribution in [2.45, 2.75) is 97.3 Å². The van der Waals surface area contributed by atoms with E-state index in [0.29, 0.717) is 42.9 Å². The highest BCUT2D eigenvalue weighted by Gasteiger charge is 2.54. The molecular formula is C24H40O4. The molecule has 0 aliphatic heterocycles. The summed E-state index contributed by atoms with van der Waals surface area (Å²) in [4.78, 5) is 24.9. The maximum absolute atomic E-state index is 12.7.